The van der Waals surface area contributed by atoms with Crippen LogP contribution >= 0.6 is 0 Å². The molecule has 1 atom stereocenters. The average molecular weight is 271 g/mol. The molecule has 0 aromatic heterocycles. The lowest BCUT2D eigenvalue weighted by atomic mass is 9.97. The molecule has 0 spiro atoms. The zero-order valence-electron chi connectivity index (χ0n) is 12.6. The number of rotatable bonds is 3. The van der Waals surface area contributed by atoms with Crippen molar-refractivity contribution >= 4 is 12.1 Å². The summed E-state index contributed by atoms with van der Waals surface area (Å²) in [6, 6.07) is 0. The standard InChI is InChI=1S/C14H25NO4/c1-6-7-8-14(5)10-15(9-11(16)18-14)12(17)19-13(2,3)4/h6-10H2,1-5H3/t14-/m0/s1. The Kier molecular flexibility index (Phi) is 4.82. The van der Waals surface area contributed by atoms with E-state index < -0.39 is 17.3 Å². The number of ether oxygens (including phenoxy) is 2. The van der Waals surface area contributed by atoms with Gasteiger partial charge in [-0.25, -0.2) is 4.79 Å². The van der Waals surface area contributed by atoms with E-state index in [1.807, 2.05) is 27.7 Å². The predicted octanol–water partition coefficient (Wildman–Crippen LogP) is 2.73. The SMILES string of the molecule is CCCC[C@@]1(C)CN(C(=O)OC(C)(C)C)CC(=O)O1. The van der Waals surface area contributed by atoms with Crippen molar-refractivity contribution in [2.45, 2.75) is 65.1 Å². The molecule has 0 N–H and O–H groups in total. The van der Waals surface area contributed by atoms with Gasteiger partial charge in [-0.3, -0.25) is 9.69 Å². The lowest BCUT2D eigenvalue weighted by Crippen LogP contribution is -2.55. The molecule has 0 bridgehead atoms. The minimum Gasteiger partial charge on any atom is -0.456 e. The van der Waals surface area contributed by atoms with E-state index in [-0.39, 0.29) is 12.5 Å². The van der Waals surface area contributed by atoms with E-state index in [4.69, 9.17) is 9.47 Å². The molecular weight excluding hydrogens is 246 g/mol. The van der Waals surface area contributed by atoms with E-state index in [1.165, 1.54) is 4.90 Å². The molecule has 0 radical (unpaired) electrons. The maximum Gasteiger partial charge on any atom is 0.410 e. The van der Waals surface area contributed by atoms with Crippen LogP contribution in [-0.2, 0) is 14.3 Å². The van der Waals surface area contributed by atoms with Crippen LogP contribution in [0.1, 0.15) is 53.9 Å². The van der Waals surface area contributed by atoms with Crippen molar-refractivity contribution < 1.29 is 19.1 Å². The molecule has 5 nitrogen and oxygen atoms in total. The van der Waals surface area contributed by atoms with E-state index in [2.05, 4.69) is 6.92 Å². The smallest absolute Gasteiger partial charge is 0.410 e. The van der Waals surface area contributed by atoms with Gasteiger partial charge in [0.2, 0.25) is 0 Å². The normalized spacial score (nSPS) is 24.1. The second kappa shape index (κ2) is 5.80. The Morgan fingerprint density at radius 1 is 1.47 bits per heavy atom. The maximum absolute atomic E-state index is 12.0. The monoisotopic (exact) mass is 271 g/mol. The fourth-order valence-corrected chi connectivity index (χ4v) is 2.09. The number of hydrogen-bond acceptors (Lipinski definition) is 4. The Labute approximate surface area is 115 Å². The first-order chi connectivity index (χ1) is 8.65. The molecule has 1 amide bonds. The summed E-state index contributed by atoms with van der Waals surface area (Å²) < 4.78 is 10.7. The summed E-state index contributed by atoms with van der Waals surface area (Å²) >= 11 is 0. The van der Waals surface area contributed by atoms with Crippen LogP contribution in [0.5, 0.6) is 0 Å². The highest BCUT2D eigenvalue weighted by Gasteiger charge is 2.39. The second-order valence-corrected chi connectivity index (χ2v) is 6.36. The van der Waals surface area contributed by atoms with Crippen LogP contribution in [0.15, 0.2) is 0 Å². The Morgan fingerprint density at radius 2 is 2.11 bits per heavy atom. The summed E-state index contributed by atoms with van der Waals surface area (Å²) in [7, 11) is 0. The summed E-state index contributed by atoms with van der Waals surface area (Å²) in [5.41, 5.74) is -1.15. The third kappa shape index (κ3) is 5.09. The van der Waals surface area contributed by atoms with Gasteiger partial charge in [0.25, 0.3) is 0 Å². The van der Waals surface area contributed by atoms with Crippen molar-refractivity contribution in [3.63, 3.8) is 0 Å². The molecule has 19 heavy (non-hydrogen) atoms. The molecule has 1 rings (SSSR count). The minimum atomic E-state index is -0.595. The highest BCUT2D eigenvalue weighted by atomic mass is 16.6. The molecule has 5 heteroatoms. The quantitative estimate of drug-likeness (QED) is 0.741. The number of cyclic esters (lactones) is 1. The molecular formula is C14H25NO4. The molecule has 1 fully saturated rings. The number of amides is 1. The van der Waals surface area contributed by atoms with Crippen LogP contribution in [0.2, 0.25) is 0 Å². The van der Waals surface area contributed by atoms with Crippen molar-refractivity contribution in [1.82, 2.24) is 4.90 Å². The van der Waals surface area contributed by atoms with Gasteiger partial charge in [0, 0.05) is 0 Å². The first-order valence-corrected chi connectivity index (χ1v) is 6.85. The lowest BCUT2D eigenvalue weighted by Gasteiger charge is -2.40. The molecule has 1 aliphatic rings. The van der Waals surface area contributed by atoms with Crippen molar-refractivity contribution in [3.8, 4) is 0 Å². The highest BCUT2D eigenvalue weighted by molar-refractivity contribution is 5.79. The summed E-state index contributed by atoms with van der Waals surface area (Å²) in [6.45, 7) is 9.75. The van der Waals surface area contributed by atoms with Crippen LogP contribution in [-0.4, -0.2) is 41.3 Å². The van der Waals surface area contributed by atoms with Gasteiger partial charge >= 0.3 is 12.1 Å². The van der Waals surface area contributed by atoms with Crippen molar-refractivity contribution in [2.24, 2.45) is 0 Å². The number of carbonyl (C=O) groups is 2. The van der Waals surface area contributed by atoms with Gasteiger partial charge in [0.1, 0.15) is 17.7 Å². The molecule has 0 saturated carbocycles. The molecule has 0 aromatic carbocycles. The Morgan fingerprint density at radius 3 is 2.63 bits per heavy atom. The van der Waals surface area contributed by atoms with Crippen LogP contribution in [0.3, 0.4) is 0 Å². The molecule has 0 aliphatic carbocycles. The van der Waals surface area contributed by atoms with Gasteiger partial charge in [0.15, 0.2) is 0 Å². The number of hydrogen-bond donors (Lipinski definition) is 0. The van der Waals surface area contributed by atoms with Gasteiger partial charge in [-0.15, -0.1) is 0 Å². The highest BCUT2D eigenvalue weighted by Crippen LogP contribution is 2.25. The Bertz CT molecular complexity index is 348. The third-order valence-electron chi connectivity index (χ3n) is 2.92. The Hall–Kier alpha value is -1.26. The average Bonchev–Trinajstić information content (AvgIpc) is 2.23. The van der Waals surface area contributed by atoms with Gasteiger partial charge in [-0.1, -0.05) is 13.3 Å². The van der Waals surface area contributed by atoms with Crippen molar-refractivity contribution in [2.75, 3.05) is 13.1 Å². The summed E-state index contributed by atoms with van der Waals surface area (Å²) in [5, 5.41) is 0. The van der Waals surface area contributed by atoms with Crippen molar-refractivity contribution in [3.05, 3.63) is 0 Å². The zero-order chi connectivity index (χ0) is 14.7. The van der Waals surface area contributed by atoms with Crippen molar-refractivity contribution in [1.29, 1.82) is 0 Å². The van der Waals surface area contributed by atoms with Gasteiger partial charge in [0.05, 0.1) is 6.54 Å². The fraction of sp³-hybridized carbons (Fsp3) is 0.857. The number of nitrogens with zero attached hydrogens (tertiary/aromatic N) is 1. The molecule has 0 aromatic rings. The minimum absolute atomic E-state index is 0.0311. The summed E-state index contributed by atoms with van der Waals surface area (Å²) in [5.74, 6) is -0.365. The second-order valence-electron chi connectivity index (χ2n) is 6.36. The maximum atomic E-state index is 12.0. The van der Waals surface area contributed by atoms with Gasteiger partial charge in [-0.2, -0.15) is 0 Å². The number of carbonyl (C=O) groups excluding carboxylic acids is 2. The van der Waals surface area contributed by atoms with Gasteiger partial charge < -0.3 is 9.47 Å². The van der Waals surface area contributed by atoms with E-state index in [0.717, 1.165) is 19.3 Å². The molecule has 1 aliphatic heterocycles. The molecule has 110 valence electrons. The number of esters is 1. The predicted molar refractivity (Wildman–Crippen MR) is 71.8 cm³/mol. The fourth-order valence-electron chi connectivity index (χ4n) is 2.09. The van der Waals surface area contributed by atoms with Gasteiger partial charge in [-0.05, 0) is 40.5 Å². The molecule has 1 saturated heterocycles. The van der Waals surface area contributed by atoms with E-state index >= 15 is 0 Å². The Balaban J connectivity index is 2.69. The van der Waals surface area contributed by atoms with E-state index in [1.54, 1.807) is 0 Å². The zero-order valence-corrected chi connectivity index (χ0v) is 12.6. The topological polar surface area (TPSA) is 55.8 Å². The molecule has 0 unspecified atom stereocenters. The van der Waals surface area contributed by atoms with Crippen LogP contribution in [0, 0.1) is 0 Å². The van der Waals surface area contributed by atoms with E-state index in [0.29, 0.717) is 6.54 Å². The largest absolute Gasteiger partial charge is 0.456 e. The molecule has 1 heterocycles. The number of unbranched alkanes of at least 4 members (excludes halogenated alkanes) is 1. The van der Waals surface area contributed by atoms with Crippen LogP contribution in [0.4, 0.5) is 4.79 Å². The number of morpholine rings is 1. The lowest BCUT2D eigenvalue weighted by molar-refractivity contribution is -0.171. The summed E-state index contributed by atoms with van der Waals surface area (Å²) in [6.07, 6.45) is 2.30. The third-order valence-corrected chi connectivity index (χ3v) is 2.92. The van der Waals surface area contributed by atoms with E-state index in [9.17, 15) is 9.59 Å². The van der Waals surface area contributed by atoms with Crippen LogP contribution in [0.25, 0.3) is 0 Å². The summed E-state index contributed by atoms with van der Waals surface area (Å²) in [4.78, 5) is 25.1. The first-order valence-electron chi connectivity index (χ1n) is 6.85. The first kappa shape index (κ1) is 15.8. The van der Waals surface area contributed by atoms with Crippen LogP contribution < -0.4 is 0 Å².